The van der Waals surface area contributed by atoms with Crippen LogP contribution in [-0.4, -0.2) is 66.6 Å². The monoisotopic (exact) mass is 625 g/mol. The fourth-order valence-corrected chi connectivity index (χ4v) is 4.46. The third-order valence-corrected chi connectivity index (χ3v) is 6.19. The minimum Gasteiger partial charge on any atom is -0.489 e. The molecule has 3 rings (SSSR count). The largest absolute Gasteiger partial charge is 0.489 e. The van der Waals surface area contributed by atoms with Crippen molar-refractivity contribution >= 4 is 25.4 Å². The molecule has 1 heterocycles. The summed E-state index contributed by atoms with van der Waals surface area (Å²) in [5.41, 5.74) is 1.83. The molecule has 11 heteroatoms. The first-order chi connectivity index (χ1) is 20.8. The van der Waals surface area contributed by atoms with Gasteiger partial charge in [-0.15, -0.1) is 0 Å². The van der Waals surface area contributed by atoms with Gasteiger partial charge in [-0.25, -0.2) is 4.79 Å². The molecule has 0 bridgehead atoms. The van der Waals surface area contributed by atoms with Gasteiger partial charge in [-0.3, -0.25) is 4.98 Å². The van der Waals surface area contributed by atoms with Gasteiger partial charge in [0.2, 0.25) is 0 Å². The van der Waals surface area contributed by atoms with Gasteiger partial charge < -0.3 is 29.3 Å². The van der Waals surface area contributed by atoms with Gasteiger partial charge in [0, 0.05) is 31.0 Å². The molecule has 44 heavy (non-hydrogen) atoms. The highest BCUT2D eigenvalue weighted by Gasteiger charge is 2.27. The van der Waals surface area contributed by atoms with E-state index in [2.05, 4.69) is 24.1 Å². The predicted octanol–water partition coefficient (Wildman–Crippen LogP) is 7.97. The number of amides is 1. The molecular weight excluding hydrogens is 575 g/mol. The second-order valence-corrected chi connectivity index (χ2v) is 11.4. The Morgan fingerprint density at radius 3 is 1.95 bits per heavy atom. The van der Waals surface area contributed by atoms with Gasteiger partial charge in [-0.1, -0.05) is 26.0 Å². The average molecular weight is 626 g/mol. The topological polar surface area (TPSA) is 97.8 Å². The van der Waals surface area contributed by atoms with E-state index in [1.54, 1.807) is 29.4 Å². The Balaban J connectivity index is 0.000000876. The first-order valence-corrected chi connectivity index (χ1v) is 14.8. The summed E-state index contributed by atoms with van der Waals surface area (Å²) in [7, 11) is 0. The van der Waals surface area contributed by atoms with E-state index in [4.69, 9.17) is 19.1 Å². The van der Waals surface area contributed by atoms with Crippen LogP contribution in [0, 0.1) is 6.92 Å². The Hall–Kier alpha value is -3.63. The van der Waals surface area contributed by atoms with E-state index in [1.807, 2.05) is 47.3 Å². The number of nitrogens with one attached hydrogen (secondary N) is 1. The fraction of sp³-hybridized carbons (Fsp3) is 0.576. The maximum Gasteiger partial charge on any atom is 0.410 e. The Kier molecular flexibility index (Phi) is 19.4. The molecule has 1 fully saturated rings. The quantitative estimate of drug-likeness (QED) is 0.302. The van der Waals surface area contributed by atoms with Crippen molar-refractivity contribution in [3.63, 3.8) is 0 Å². The maximum atomic E-state index is 12.4. The number of alkyl halides is 3. The Morgan fingerprint density at radius 1 is 0.955 bits per heavy atom. The lowest BCUT2D eigenvalue weighted by molar-refractivity contribution is -0.127. The van der Waals surface area contributed by atoms with E-state index in [9.17, 15) is 18.0 Å². The van der Waals surface area contributed by atoms with Crippen LogP contribution in [0.5, 0.6) is 5.75 Å². The zero-order chi connectivity index (χ0) is 33.8. The minimum absolute atomic E-state index is 0.186. The van der Waals surface area contributed by atoms with Crippen LogP contribution in [0.1, 0.15) is 84.3 Å². The Bertz CT molecular complexity index is 1050. The summed E-state index contributed by atoms with van der Waals surface area (Å²) in [4.78, 5) is 33.6. The van der Waals surface area contributed by atoms with Crippen molar-refractivity contribution in [2.75, 3.05) is 18.4 Å². The molecule has 8 nitrogen and oxygen atoms in total. The highest BCUT2D eigenvalue weighted by molar-refractivity contribution is 5.68. The smallest absolute Gasteiger partial charge is 0.410 e. The number of carbonyl (C=O) groups is 3. The second-order valence-electron chi connectivity index (χ2n) is 11.4. The van der Waals surface area contributed by atoms with Gasteiger partial charge in [0.05, 0.1) is 18.7 Å². The molecular formula is C33H50F3N3O5. The lowest BCUT2D eigenvalue weighted by Gasteiger charge is -2.30. The molecule has 1 N–H and O–H groups in total. The second kappa shape index (κ2) is 21.1. The van der Waals surface area contributed by atoms with Crippen LogP contribution in [0.4, 0.5) is 23.7 Å². The molecule has 248 valence electrons. The summed E-state index contributed by atoms with van der Waals surface area (Å²) in [5, 5.41) is 3.42. The van der Waals surface area contributed by atoms with Crippen molar-refractivity contribution in [3.8, 4) is 5.75 Å². The van der Waals surface area contributed by atoms with Gasteiger partial charge >= 0.3 is 12.3 Å². The fourth-order valence-electron chi connectivity index (χ4n) is 4.46. The molecule has 0 unspecified atom stereocenters. The van der Waals surface area contributed by atoms with E-state index in [0.717, 1.165) is 68.6 Å². The number of rotatable bonds is 9. The Morgan fingerprint density at radius 2 is 1.50 bits per heavy atom. The first kappa shape index (κ1) is 40.4. The lowest BCUT2D eigenvalue weighted by atomic mass is 9.92. The molecule has 1 aliphatic rings. The van der Waals surface area contributed by atoms with E-state index < -0.39 is 18.2 Å². The summed E-state index contributed by atoms with van der Waals surface area (Å²) in [6, 6.07) is 8.83. The zero-order valence-corrected chi connectivity index (χ0v) is 27.0. The van der Waals surface area contributed by atoms with Crippen molar-refractivity contribution < 1.29 is 37.0 Å². The normalized spacial score (nSPS) is 15.9. The summed E-state index contributed by atoms with van der Waals surface area (Å²) >= 11 is 0. The van der Waals surface area contributed by atoms with Crippen LogP contribution in [0.25, 0.3) is 0 Å². The summed E-state index contributed by atoms with van der Waals surface area (Å²) < 4.78 is 48.5. The van der Waals surface area contributed by atoms with Crippen molar-refractivity contribution in [1.82, 2.24) is 9.88 Å². The van der Waals surface area contributed by atoms with Crippen LogP contribution in [0.15, 0.2) is 42.7 Å². The molecule has 0 radical (unpaired) electrons. The molecule has 1 aromatic heterocycles. The molecule has 0 spiro atoms. The number of halogens is 3. The van der Waals surface area contributed by atoms with Crippen LogP contribution < -0.4 is 10.1 Å². The Labute approximate surface area is 260 Å². The summed E-state index contributed by atoms with van der Waals surface area (Å²) in [5.74, 6) is 0.807. The number of hydrogen-bond donors (Lipinski definition) is 1. The number of ether oxygens (including phenoxy) is 2. The lowest BCUT2D eigenvalue weighted by Crippen LogP contribution is -2.37. The predicted molar refractivity (Wildman–Crippen MR) is 168 cm³/mol. The number of benzene rings is 1. The zero-order valence-electron chi connectivity index (χ0n) is 27.0. The highest BCUT2D eigenvalue weighted by atomic mass is 19.4. The van der Waals surface area contributed by atoms with Gasteiger partial charge in [0.25, 0.3) is 0 Å². The molecule has 0 atom stereocenters. The molecule has 2 aromatic rings. The molecule has 1 aromatic carbocycles. The van der Waals surface area contributed by atoms with Crippen molar-refractivity contribution in [1.29, 1.82) is 0 Å². The van der Waals surface area contributed by atoms with E-state index in [1.165, 1.54) is 12.1 Å². The van der Waals surface area contributed by atoms with Gasteiger partial charge in [-0.2, -0.15) is 13.2 Å². The van der Waals surface area contributed by atoms with Crippen LogP contribution in [0.2, 0.25) is 0 Å². The third-order valence-electron chi connectivity index (χ3n) is 6.19. The van der Waals surface area contributed by atoms with Gasteiger partial charge in [0.15, 0.2) is 0 Å². The molecule has 1 saturated carbocycles. The summed E-state index contributed by atoms with van der Waals surface area (Å²) in [6.45, 7) is 17.3. The average Bonchev–Trinajstić information content (AvgIpc) is 2.96. The molecule has 0 aliphatic heterocycles. The van der Waals surface area contributed by atoms with Crippen molar-refractivity contribution in [2.45, 2.75) is 110 Å². The van der Waals surface area contributed by atoms with Crippen molar-refractivity contribution in [3.05, 3.63) is 53.9 Å². The number of nitrogens with zero attached hydrogens (tertiary/aromatic N) is 2. The number of aryl methyl sites for hydroxylation is 1. The number of hydrogen-bond acceptors (Lipinski definition) is 7. The van der Waals surface area contributed by atoms with E-state index in [0.29, 0.717) is 6.04 Å². The molecule has 1 amide bonds. The van der Waals surface area contributed by atoms with E-state index in [-0.39, 0.29) is 17.8 Å². The first-order valence-electron chi connectivity index (χ1n) is 14.8. The van der Waals surface area contributed by atoms with Gasteiger partial charge in [-0.05, 0) is 95.5 Å². The van der Waals surface area contributed by atoms with E-state index >= 15 is 0 Å². The number of carbonyl (C=O) groups excluding carboxylic acids is 3. The highest BCUT2D eigenvalue weighted by Crippen LogP contribution is 2.27. The minimum atomic E-state index is -4.17. The number of aromatic nitrogens is 1. The standard InChI is InChI=1S/C20H23F3N2O.C11H23NO2.2CH2O/c1-14-10-19(13-24-12-14)26-18-8-6-17(7-9-18)25-16-4-2-15(3-5-16)11-20(21,22)23;1-6-8-12(9-7-2)10(13)14-11(3,4)5;2*1-2/h2-5,10,12-13,17-18,25H,6-9,11H2,1H3;6-9H2,1-5H3;2*1H2. The molecule has 0 saturated heterocycles. The maximum absolute atomic E-state index is 12.4. The summed E-state index contributed by atoms with van der Waals surface area (Å²) in [6.07, 6.45) is 4.24. The van der Waals surface area contributed by atoms with Crippen LogP contribution in [-0.2, 0) is 20.7 Å². The number of pyridine rings is 1. The van der Waals surface area contributed by atoms with Crippen LogP contribution >= 0.6 is 0 Å². The van der Waals surface area contributed by atoms with Crippen molar-refractivity contribution in [2.24, 2.45) is 0 Å². The number of anilines is 1. The third kappa shape index (κ3) is 18.1. The van der Waals surface area contributed by atoms with Gasteiger partial charge in [0.1, 0.15) is 24.9 Å². The van der Waals surface area contributed by atoms with Crippen LogP contribution in [0.3, 0.4) is 0 Å². The molecule has 1 aliphatic carbocycles. The SMILES string of the molecule is C=O.C=O.CCCN(CCC)C(=O)OC(C)(C)C.Cc1cncc(OC2CCC(Nc3ccc(CC(F)(F)F)cc3)CC2)c1.